The molecule has 2 amide bonds. The van der Waals surface area contributed by atoms with E-state index in [1.165, 1.54) is 44.9 Å². The molecule has 168 valence electrons. The molecular weight excluding hydrogens is 410 g/mol. The number of halogens is 1. The Morgan fingerprint density at radius 3 is 2.03 bits per heavy atom. The van der Waals surface area contributed by atoms with Gasteiger partial charge >= 0.3 is 0 Å². The smallest absolute Gasteiger partial charge is 0.254 e. The molecule has 5 fully saturated rings. The number of amides is 2. The Kier molecular flexibility index (Phi) is 5.44. The molecule has 6 rings (SSSR count). The van der Waals surface area contributed by atoms with Gasteiger partial charge in [0.1, 0.15) is 0 Å². The van der Waals surface area contributed by atoms with Gasteiger partial charge in [0.25, 0.3) is 5.91 Å². The van der Waals surface area contributed by atoms with Gasteiger partial charge in [-0.1, -0.05) is 11.6 Å². The SMILES string of the molecule is CN(C)C(=O)c1ccc(N2CCC(C3CCN(C(=O)C45CC(C4)C5)CC3)CC2)cc1Cl. The molecule has 2 heterocycles. The average Bonchev–Trinajstić information content (AvgIpc) is 2.71. The number of piperidine rings is 2. The van der Waals surface area contributed by atoms with Gasteiger partial charge in [-0.05, 0) is 80.9 Å². The third-order valence-electron chi connectivity index (χ3n) is 8.48. The zero-order valence-electron chi connectivity index (χ0n) is 18.8. The fourth-order valence-corrected chi connectivity index (χ4v) is 6.65. The highest BCUT2D eigenvalue weighted by Crippen LogP contribution is 2.65. The van der Waals surface area contributed by atoms with Gasteiger partial charge in [0.05, 0.1) is 16.0 Å². The molecule has 2 aliphatic heterocycles. The normalized spacial score (nSPS) is 28.7. The van der Waals surface area contributed by atoms with E-state index in [-0.39, 0.29) is 11.3 Å². The predicted octanol–water partition coefficient (Wildman–Crippen LogP) is 4.30. The third-order valence-corrected chi connectivity index (χ3v) is 8.79. The number of hydrogen-bond acceptors (Lipinski definition) is 3. The fraction of sp³-hybridized carbons (Fsp3) is 0.680. The summed E-state index contributed by atoms with van der Waals surface area (Å²) in [5.74, 6) is 2.79. The van der Waals surface area contributed by atoms with Gasteiger partial charge in [0, 0.05) is 46.0 Å². The van der Waals surface area contributed by atoms with Gasteiger partial charge in [-0.2, -0.15) is 0 Å². The summed E-state index contributed by atoms with van der Waals surface area (Å²) in [4.78, 5) is 31.2. The molecule has 6 heteroatoms. The van der Waals surface area contributed by atoms with E-state index in [0.717, 1.165) is 49.6 Å². The van der Waals surface area contributed by atoms with Crippen LogP contribution in [0.3, 0.4) is 0 Å². The zero-order chi connectivity index (χ0) is 21.8. The summed E-state index contributed by atoms with van der Waals surface area (Å²) in [6, 6.07) is 5.82. The molecule has 1 aromatic rings. The Balaban J connectivity index is 1.12. The highest BCUT2D eigenvalue weighted by Gasteiger charge is 2.62. The zero-order valence-corrected chi connectivity index (χ0v) is 19.5. The molecule has 31 heavy (non-hydrogen) atoms. The van der Waals surface area contributed by atoms with Gasteiger partial charge in [-0.25, -0.2) is 0 Å². The lowest BCUT2D eigenvalue weighted by Gasteiger charge is -2.61. The summed E-state index contributed by atoms with van der Waals surface area (Å²) in [6.45, 7) is 4.00. The molecule has 5 aliphatic rings. The van der Waals surface area contributed by atoms with Crippen LogP contribution < -0.4 is 4.90 Å². The van der Waals surface area contributed by atoms with Gasteiger partial charge in [0.15, 0.2) is 0 Å². The first kappa shape index (κ1) is 21.1. The van der Waals surface area contributed by atoms with Gasteiger partial charge in [-0.3, -0.25) is 9.59 Å². The summed E-state index contributed by atoms with van der Waals surface area (Å²) >= 11 is 6.42. The minimum absolute atomic E-state index is 0.0610. The fourth-order valence-electron chi connectivity index (χ4n) is 6.39. The highest BCUT2D eigenvalue weighted by molar-refractivity contribution is 6.34. The van der Waals surface area contributed by atoms with Crippen molar-refractivity contribution in [1.29, 1.82) is 0 Å². The number of benzene rings is 1. The van der Waals surface area contributed by atoms with Crippen LogP contribution >= 0.6 is 11.6 Å². The number of hydrogen-bond donors (Lipinski definition) is 0. The van der Waals surface area contributed by atoms with E-state index in [4.69, 9.17) is 11.6 Å². The van der Waals surface area contributed by atoms with E-state index in [0.29, 0.717) is 16.5 Å². The Morgan fingerprint density at radius 2 is 1.55 bits per heavy atom. The minimum Gasteiger partial charge on any atom is -0.371 e. The maximum atomic E-state index is 12.8. The van der Waals surface area contributed by atoms with Crippen LogP contribution in [0.5, 0.6) is 0 Å². The predicted molar refractivity (Wildman–Crippen MR) is 123 cm³/mol. The van der Waals surface area contributed by atoms with E-state index in [9.17, 15) is 9.59 Å². The number of likely N-dealkylation sites (tertiary alicyclic amines) is 1. The number of carbonyl (C=O) groups excluding carboxylic acids is 2. The molecule has 2 saturated heterocycles. The first-order chi connectivity index (χ1) is 14.9. The number of carbonyl (C=O) groups is 2. The van der Waals surface area contributed by atoms with Gasteiger partial charge < -0.3 is 14.7 Å². The number of rotatable bonds is 4. The van der Waals surface area contributed by atoms with Crippen molar-refractivity contribution in [3.05, 3.63) is 28.8 Å². The lowest BCUT2D eigenvalue weighted by molar-refractivity contribution is -0.178. The summed E-state index contributed by atoms with van der Waals surface area (Å²) in [5, 5.41) is 0.527. The van der Waals surface area contributed by atoms with Crippen LogP contribution in [0.15, 0.2) is 18.2 Å². The Bertz CT molecular complexity index is 852. The molecule has 0 aromatic heterocycles. The second-order valence-corrected chi connectivity index (χ2v) is 11.0. The standard InChI is InChI=1S/C25H34ClN3O2/c1-27(2)23(30)21-4-3-20(13-22(21)26)28-9-5-18(6-10-28)19-7-11-29(12-8-19)24(31)25-14-17(15-25)16-25/h3-4,13,17-19H,5-12,14-16H2,1-2H3. The molecule has 1 aromatic carbocycles. The maximum Gasteiger partial charge on any atom is 0.254 e. The highest BCUT2D eigenvalue weighted by atomic mass is 35.5. The van der Waals surface area contributed by atoms with E-state index >= 15 is 0 Å². The molecular formula is C25H34ClN3O2. The Morgan fingerprint density at radius 1 is 0.968 bits per heavy atom. The van der Waals surface area contributed by atoms with Crippen LogP contribution in [0, 0.1) is 23.2 Å². The van der Waals surface area contributed by atoms with E-state index in [1.807, 2.05) is 18.2 Å². The lowest BCUT2D eigenvalue weighted by Crippen LogP contribution is -2.62. The van der Waals surface area contributed by atoms with Crippen molar-refractivity contribution in [2.45, 2.75) is 44.9 Å². The van der Waals surface area contributed by atoms with Crippen molar-refractivity contribution in [3.8, 4) is 0 Å². The summed E-state index contributed by atoms with van der Waals surface area (Å²) < 4.78 is 0. The van der Waals surface area contributed by atoms with Crippen molar-refractivity contribution < 1.29 is 9.59 Å². The Hall–Kier alpha value is -1.75. The van der Waals surface area contributed by atoms with E-state index in [2.05, 4.69) is 9.80 Å². The number of anilines is 1. The van der Waals surface area contributed by atoms with Crippen molar-refractivity contribution in [2.75, 3.05) is 45.2 Å². The van der Waals surface area contributed by atoms with Crippen molar-refractivity contribution in [2.24, 2.45) is 23.2 Å². The first-order valence-electron chi connectivity index (χ1n) is 11.9. The van der Waals surface area contributed by atoms with Crippen molar-refractivity contribution in [3.63, 3.8) is 0 Å². The molecule has 0 radical (unpaired) electrons. The molecule has 0 atom stereocenters. The molecule has 0 N–H and O–H groups in total. The summed E-state index contributed by atoms with van der Waals surface area (Å²) in [7, 11) is 3.49. The largest absolute Gasteiger partial charge is 0.371 e. The van der Waals surface area contributed by atoms with Gasteiger partial charge in [0.2, 0.25) is 5.91 Å². The number of nitrogens with zero attached hydrogens (tertiary/aromatic N) is 3. The molecule has 0 spiro atoms. The maximum absolute atomic E-state index is 12.8. The topological polar surface area (TPSA) is 43.9 Å². The van der Waals surface area contributed by atoms with Crippen molar-refractivity contribution in [1.82, 2.24) is 9.80 Å². The van der Waals surface area contributed by atoms with Crippen molar-refractivity contribution >= 4 is 29.1 Å². The quantitative estimate of drug-likeness (QED) is 0.696. The summed E-state index contributed by atoms with van der Waals surface area (Å²) in [6.07, 6.45) is 8.22. The van der Waals surface area contributed by atoms with Crippen LogP contribution in [0.25, 0.3) is 0 Å². The third kappa shape index (κ3) is 3.73. The molecule has 0 unspecified atom stereocenters. The van der Waals surface area contributed by atoms with Crippen LogP contribution in [0.1, 0.15) is 55.3 Å². The molecule has 5 nitrogen and oxygen atoms in total. The van der Waals surface area contributed by atoms with Crippen LogP contribution in [-0.2, 0) is 4.79 Å². The monoisotopic (exact) mass is 443 g/mol. The molecule has 3 saturated carbocycles. The second-order valence-electron chi connectivity index (χ2n) is 10.6. The van der Waals surface area contributed by atoms with E-state index < -0.39 is 0 Å². The van der Waals surface area contributed by atoms with Crippen LogP contribution in [0.4, 0.5) is 5.69 Å². The van der Waals surface area contributed by atoms with Gasteiger partial charge in [-0.15, -0.1) is 0 Å². The molecule has 3 aliphatic carbocycles. The summed E-state index contributed by atoms with van der Waals surface area (Å²) in [5.41, 5.74) is 1.75. The molecule has 2 bridgehead atoms. The average molecular weight is 444 g/mol. The second kappa shape index (κ2) is 7.99. The van der Waals surface area contributed by atoms with Crippen LogP contribution in [-0.4, -0.2) is 61.9 Å². The van der Waals surface area contributed by atoms with Crippen LogP contribution in [0.2, 0.25) is 5.02 Å². The minimum atomic E-state index is -0.0610. The Labute approximate surface area is 190 Å². The lowest BCUT2D eigenvalue weighted by atomic mass is 9.44. The van der Waals surface area contributed by atoms with E-state index in [1.54, 1.807) is 19.0 Å². The first-order valence-corrected chi connectivity index (χ1v) is 12.3.